The molecule has 0 saturated carbocycles. The Labute approximate surface area is 161 Å². The molecule has 0 spiro atoms. The molecule has 1 aromatic carbocycles. The fourth-order valence-corrected chi connectivity index (χ4v) is 3.45. The van der Waals surface area contributed by atoms with E-state index in [9.17, 15) is 4.79 Å². The van der Waals surface area contributed by atoms with Crippen LogP contribution in [0.15, 0.2) is 36.8 Å². The van der Waals surface area contributed by atoms with Gasteiger partial charge in [-0.1, -0.05) is 17.7 Å². The summed E-state index contributed by atoms with van der Waals surface area (Å²) < 4.78 is 6.69. The van der Waals surface area contributed by atoms with Crippen LogP contribution in [-0.4, -0.2) is 70.5 Å². The van der Waals surface area contributed by atoms with Crippen molar-refractivity contribution in [2.45, 2.75) is 0 Å². The van der Waals surface area contributed by atoms with Crippen molar-refractivity contribution in [2.24, 2.45) is 0 Å². The molecule has 0 atom stereocenters. The number of halogens is 1. The Morgan fingerprint density at radius 3 is 2.78 bits per heavy atom. The van der Waals surface area contributed by atoms with Crippen molar-refractivity contribution < 1.29 is 9.53 Å². The zero-order valence-corrected chi connectivity index (χ0v) is 15.6. The zero-order chi connectivity index (χ0) is 18.8. The maximum atomic E-state index is 12.0. The highest BCUT2D eigenvalue weighted by molar-refractivity contribution is 6.30. The van der Waals surface area contributed by atoms with Crippen molar-refractivity contribution in [1.29, 1.82) is 0 Å². The van der Waals surface area contributed by atoms with Gasteiger partial charge in [-0.15, -0.1) is 0 Å². The summed E-state index contributed by atoms with van der Waals surface area (Å²) in [6.45, 7) is 2.78. The second-order valence-corrected chi connectivity index (χ2v) is 6.71. The van der Waals surface area contributed by atoms with E-state index in [1.807, 2.05) is 29.2 Å². The molecule has 9 heteroatoms. The number of fused-ring (bicyclic) bond motifs is 1. The fraction of sp³-hybridized carbons (Fsp3) is 0.333. The second-order valence-electron chi connectivity index (χ2n) is 6.27. The minimum absolute atomic E-state index is 0.0127. The molecule has 4 rings (SSSR count). The number of hydrogen-bond donors (Lipinski definition) is 0. The van der Waals surface area contributed by atoms with Gasteiger partial charge in [0.2, 0.25) is 5.91 Å². The number of benzene rings is 1. The molecule has 2 aromatic heterocycles. The summed E-state index contributed by atoms with van der Waals surface area (Å²) >= 11 is 6.10. The lowest BCUT2D eigenvalue weighted by Gasteiger charge is -2.35. The zero-order valence-electron chi connectivity index (χ0n) is 14.9. The number of carbonyl (C=O) groups excluding carboxylic acids is 1. The van der Waals surface area contributed by atoms with Crippen molar-refractivity contribution in [3.05, 3.63) is 41.8 Å². The minimum atomic E-state index is 0.0127. The number of ether oxygens (including phenoxy) is 1. The number of rotatable bonds is 4. The van der Waals surface area contributed by atoms with E-state index < -0.39 is 0 Å². The maximum absolute atomic E-state index is 12.0. The molecule has 1 aliphatic heterocycles. The Morgan fingerprint density at radius 1 is 1.22 bits per heavy atom. The largest absolute Gasteiger partial charge is 0.375 e. The molecule has 0 unspecified atom stereocenters. The van der Waals surface area contributed by atoms with Crippen LogP contribution in [0.2, 0.25) is 5.02 Å². The van der Waals surface area contributed by atoms with Crippen molar-refractivity contribution in [1.82, 2.24) is 24.6 Å². The lowest BCUT2D eigenvalue weighted by atomic mass is 10.2. The van der Waals surface area contributed by atoms with Gasteiger partial charge < -0.3 is 14.5 Å². The normalized spacial score (nSPS) is 14.7. The summed E-state index contributed by atoms with van der Waals surface area (Å²) in [7, 11) is 1.53. The van der Waals surface area contributed by atoms with Crippen molar-refractivity contribution in [3.63, 3.8) is 0 Å². The summed E-state index contributed by atoms with van der Waals surface area (Å²) in [4.78, 5) is 24.8. The molecule has 0 aliphatic carbocycles. The van der Waals surface area contributed by atoms with E-state index in [1.54, 1.807) is 17.2 Å². The van der Waals surface area contributed by atoms with Crippen LogP contribution in [-0.2, 0) is 9.53 Å². The van der Waals surface area contributed by atoms with Crippen molar-refractivity contribution in [3.8, 4) is 5.69 Å². The third-order valence-electron chi connectivity index (χ3n) is 4.60. The molecule has 3 heterocycles. The lowest BCUT2D eigenvalue weighted by molar-refractivity contribution is -0.135. The van der Waals surface area contributed by atoms with E-state index in [0.717, 1.165) is 22.5 Å². The van der Waals surface area contributed by atoms with Crippen molar-refractivity contribution in [2.75, 3.05) is 44.8 Å². The Morgan fingerprint density at radius 2 is 2.04 bits per heavy atom. The average Bonchev–Trinajstić information content (AvgIpc) is 3.12. The summed E-state index contributed by atoms with van der Waals surface area (Å²) in [5, 5.41) is 5.99. The van der Waals surface area contributed by atoms with E-state index in [2.05, 4.69) is 20.0 Å². The third-order valence-corrected chi connectivity index (χ3v) is 4.83. The Hall–Kier alpha value is -2.71. The lowest BCUT2D eigenvalue weighted by Crippen LogP contribution is -2.50. The van der Waals surface area contributed by atoms with E-state index in [-0.39, 0.29) is 12.5 Å². The minimum Gasteiger partial charge on any atom is -0.375 e. The number of nitrogens with zero attached hydrogens (tertiary/aromatic N) is 6. The second kappa shape index (κ2) is 7.50. The van der Waals surface area contributed by atoms with Crippen LogP contribution >= 0.6 is 11.6 Å². The quantitative estimate of drug-likeness (QED) is 0.680. The van der Waals surface area contributed by atoms with Gasteiger partial charge in [-0.2, -0.15) is 5.10 Å². The van der Waals surface area contributed by atoms with Gasteiger partial charge >= 0.3 is 0 Å². The van der Waals surface area contributed by atoms with Gasteiger partial charge in [0.1, 0.15) is 18.8 Å². The molecule has 27 heavy (non-hydrogen) atoms. The van der Waals surface area contributed by atoms with Crippen molar-refractivity contribution >= 4 is 34.4 Å². The van der Waals surface area contributed by atoms with Gasteiger partial charge in [0.25, 0.3) is 0 Å². The number of carbonyl (C=O) groups is 1. The molecule has 3 aromatic rings. The Balaban J connectivity index is 1.60. The first-order valence-electron chi connectivity index (χ1n) is 8.63. The number of piperazine rings is 1. The molecular weight excluding hydrogens is 368 g/mol. The predicted molar refractivity (Wildman–Crippen MR) is 102 cm³/mol. The standard InChI is InChI=1S/C18H19ClN6O2/c1-27-11-16(26)23-5-7-24(8-6-23)17-15-10-22-25(18(15)21-12-20-17)14-4-2-3-13(19)9-14/h2-4,9-10,12H,5-8,11H2,1H3. The van der Waals surface area contributed by atoms with Gasteiger partial charge in [-0.25, -0.2) is 14.6 Å². The molecule has 0 bridgehead atoms. The van der Waals surface area contributed by atoms with Crippen LogP contribution in [0.1, 0.15) is 0 Å². The number of methoxy groups -OCH3 is 1. The van der Waals surface area contributed by atoms with Crippen LogP contribution < -0.4 is 4.90 Å². The molecule has 1 aliphatic rings. The van der Waals surface area contributed by atoms with Crippen LogP contribution in [0.4, 0.5) is 5.82 Å². The third kappa shape index (κ3) is 3.45. The number of amides is 1. The summed E-state index contributed by atoms with van der Waals surface area (Å²) in [5.74, 6) is 0.839. The van der Waals surface area contributed by atoms with Crippen LogP contribution in [0.25, 0.3) is 16.7 Å². The van der Waals surface area contributed by atoms with E-state index >= 15 is 0 Å². The maximum Gasteiger partial charge on any atom is 0.248 e. The van der Waals surface area contributed by atoms with Crippen LogP contribution in [0, 0.1) is 0 Å². The van der Waals surface area contributed by atoms with Crippen LogP contribution in [0.5, 0.6) is 0 Å². The molecule has 140 valence electrons. The molecule has 8 nitrogen and oxygen atoms in total. The van der Waals surface area contributed by atoms with E-state index in [1.165, 1.54) is 7.11 Å². The molecular formula is C18H19ClN6O2. The summed E-state index contributed by atoms with van der Waals surface area (Å²) in [6, 6.07) is 7.47. The van der Waals surface area contributed by atoms with Crippen LogP contribution in [0.3, 0.4) is 0 Å². The Kier molecular flexibility index (Phi) is 4.91. The highest BCUT2D eigenvalue weighted by Gasteiger charge is 2.24. The Bertz CT molecular complexity index is 967. The highest BCUT2D eigenvalue weighted by Crippen LogP contribution is 2.26. The van der Waals surface area contributed by atoms with Gasteiger partial charge in [-0.3, -0.25) is 4.79 Å². The fourth-order valence-electron chi connectivity index (χ4n) is 3.26. The number of anilines is 1. The monoisotopic (exact) mass is 386 g/mol. The molecule has 1 saturated heterocycles. The topological polar surface area (TPSA) is 76.4 Å². The predicted octanol–water partition coefficient (Wildman–Crippen LogP) is 1.76. The van der Waals surface area contributed by atoms with Gasteiger partial charge in [0.15, 0.2) is 5.65 Å². The molecule has 1 fully saturated rings. The molecule has 0 radical (unpaired) electrons. The first-order valence-corrected chi connectivity index (χ1v) is 9.01. The summed E-state index contributed by atoms with van der Waals surface area (Å²) in [5.41, 5.74) is 1.57. The molecule has 0 N–H and O–H groups in total. The smallest absolute Gasteiger partial charge is 0.248 e. The first kappa shape index (κ1) is 17.7. The first-order chi connectivity index (χ1) is 13.2. The van der Waals surface area contributed by atoms with E-state index in [4.69, 9.17) is 16.3 Å². The van der Waals surface area contributed by atoms with E-state index in [0.29, 0.717) is 31.2 Å². The van der Waals surface area contributed by atoms with Gasteiger partial charge in [-0.05, 0) is 18.2 Å². The summed E-state index contributed by atoms with van der Waals surface area (Å²) in [6.07, 6.45) is 3.32. The number of hydrogen-bond acceptors (Lipinski definition) is 6. The highest BCUT2D eigenvalue weighted by atomic mass is 35.5. The van der Waals surface area contributed by atoms with Gasteiger partial charge in [0, 0.05) is 38.3 Å². The van der Waals surface area contributed by atoms with Gasteiger partial charge in [0.05, 0.1) is 17.3 Å². The molecule has 1 amide bonds. The average molecular weight is 387 g/mol. The number of aromatic nitrogens is 4. The SMILES string of the molecule is COCC(=O)N1CCN(c2ncnc3c2cnn3-c2cccc(Cl)c2)CC1.